The van der Waals surface area contributed by atoms with Crippen LogP contribution in [0.5, 0.6) is 0 Å². The lowest BCUT2D eigenvalue weighted by molar-refractivity contribution is 0.779. The second-order valence-corrected chi connectivity index (χ2v) is 3.51. The van der Waals surface area contributed by atoms with Crippen LogP contribution in [0, 0.1) is 0 Å². The number of nitrogens with zero attached hydrogens (tertiary/aromatic N) is 4. The Hall–Kier alpha value is -1.97. The molecule has 0 atom stereocenters. The molecular weight excluding hydrogens is 200 g/mol. The fourth-order valence-electron chi connectivity index (χ4n) is 1.74. The van der Waals surface area contributed by atoms with Gasteiger partial charge in [-0.1, -0.05) is 25.7 Å². The summed E-state index contributed by atoms with van der Waals surface area (Å²) in [5.41, 5.74) is 2.95. The molecule has 0 aliphatic heterocycles. The van der Waals surface area contributed by atoms with E-state index in [2.05, 4.69) is 28.6 Å². The summed E-state index contributed by atoms with van der Waals surface area (Å²) in [5.74, 6) is 0. The van der Waals surface area contributed by atoms with Crippen LogP contribution in [0.4, 0.5) is 0 Å². The molecule has 82 valence electrons. The van der Waals surface area contributed by atoms with Crippen molar-refractivity contribution in [3.8, 4) is 0 Å². The van der Waals surface area contributed by atoms with Gasteiger partial charge < -0.3 is 0 Å². The summed E-state index contributed by atoms with van der Waals surface area (Å²) in [6.07, 6.45) is 8.01. The zero-order valence-corrected chi connectivity index (χ0v) is 9.51. The molecule has 0 aromatic carbocycles. The third kappa shape index (κ3) is 1.62. The maximum atomic E-state index is 4.48. The molecule has 2 heterocycles. The molecule has 0 amide bonds. The largest absolute Gasteiger partial charge is 0.250 e. The molecule has 0 aliphatic rings. The minimum Gasteiger partial charge on any atom is -0.250 e. The van der Waals surface area contributed by atoms with Gasteiger partial charge in [-0.2, -0.15) is 5.10 Å². The highest BCUT2D eigenvalue weighted by Crippen LogP contribution is 2.24. The van der Waals surface area contributed by atoms with E-state index in [1.54, 1.807) is 17.0 Å². The normalized spacial score (nSPS) is 12.0. The summed E-state index contributed by atoms with van der Waals surface area (Å²) >= 11 is 0. The predicted octanol–water partition coefficient (Wildman–Crippen LogP) is 2.34. The van der Waals surface area contributed by atoms with Crippen LogP contribution >= 0.6 is 0 Å². The summed E-state index contributed by atoms with van der Waals surface area (Å²) < 4.78 is 1.78. The SMILES string of the molecule is C=C/C=C(\CC)c1nn(C)c2ncncc12. The lowest BCUT2D eigenvalue weighted by atomic mass is 10.1. The van der Waals surface area contributed by atoms with Gasteiger partial charge in [-0.3, -0.25) is 0 Å². The minimum atomic E-state index is 0.855. The zero-order valence-electron chi connectivity index (χ0n) is 9.51. The Morgan fingerprint density at radius 3 is 3.06 bits per heavy atom. The van der Waals surface area contributed by atoms with Crippen LogP contribution in [-0.4, -0.2) is 19.7 Å². The number of fused-ring (bicyclic) bond motifs is 1. The number of allylic oxidation sites excluding steroid dienone is 3. The molecule has 2 rings (SSSR count). The molecule has 4 heteroatoms. The van der Waals surface area contributed by atoms with Crippen LogP contribution in [0.1, 0.15) is 19.0 Å². The summed E-state index contributed by atoms with van der Waals surface area (Å²) in [5, 5.41) is 5.46. The molecule has 2 aromatic rings. The molecule has 0 aliphatic carbocycles. The second kappa shape index (κ2) is 4.26. The average molecular weight is 214 g/mol. The van der Waals surface area contributed by atoms with Gasteiger partial charge in [0.2, 0.25) is 0 Å². The Kier molecular flexibility index (Phi) is 2.81. The minimum absolute atomic E-state index is 0.855. The van der Waals surface area contributed by atoms with Crippen LogP contribution in [0.15, 0.2) is 31.3 Å². The molecule has 0 spiro atoms. The van der Waals surface area contributed by atoms with Crippen LogP contribution in [0.2, 0.25) is 0 Å². The van der Waals surface area contributed by atoms with Gasteiger partial charge in [0.1, 0.15) is 6.33 Å². The van der Waals surface area contributed by atoms with Crippen molar-refractivity contribution in [1.82, 2.24) is 19.7 Å². The maximum absolute atomic E-state index is 4.48. The van der Waals surface area contributed by atoms with Gasteiger partial charge in [0.05, 0.1) is 11.1 Å². The Morgan fingerprint density at radius 2 is 2.38 bits per heavy atom. The van der Waals surface area contributed by atoms with E-state index < -0.39 is 0 Å². The van der Waals surface area contributed by atoms with Crippen molar-refractivity contribution in [2.45, 2.75) is 13.3 Å². The molecule has 0 saturated carbocycles. The van der Waals surface area contributed by atoms with Crippen LogP contribution in [0.3, 0.4) is 0 Å². The first-order valence-corrected chi connectivity index (χ1v) is 5.22. The van der Waals surface area contributed by atoms with Crippen molar-refractivity contribution in [1.29, 1.82) is 0 Å². The monoisotopic (exact) mass is 214 g/mol. The summed E-state index contributed by atoms with van der Waals surface area (Å²) in [4.78, 5) is 8.26. The van der Waals surface area contributed by atoms with Gasteiger partial charge in [-0.25, -0.2) is 14.6 Å². The summed E-state index contributed by atoms with van der Waals surface area (Å²) in [7, 11) is 1.89. The molecule has 4 nitrogen and oxygen atoms in total. The fraction of sp³-hybridized carbons (Fsp3) is 0.250. The van der Waals surface area contributed by atoms with Crippen LogP contribution < -0.4 is 0 Å². The number of aromatic nitrogens is 4. The number of hydrogen-bond acceptors (Lipinski definition) is 3. The molecule has 0 radical (unpaired) electrons. The van der Waals surface area contributed by atoms with E-state index in [-0.39, 0.29) is 0 Å². The van der Waals surface area contributed by atoms with Crippen molar-refractivity contribution < 1.29 is 0 Å². The van der Waals surface area contributed by atoms with Crippen molar-refractivity contribution in [2.24, 2.45) is 7.05 Å². The van der Waals surface area contributed by atoms with Crippen LogP contribution in [-0.2, 0) is 7.05 Å². The molecular formula is C12H14N4. The van der Waals surface area contributed by atoms with E-state index in [4.69, 9.17) is 0 Å². The van der Waals surface area contributed by atoms with E-state index in [1.807, 2.05) is 13.1 Å². The van der Waals surface area contributed by atoms with E-state index >= 15 is 0 Å². The molecule has 0 fully saturated rings. The Labute approximate surface area is 94.3 Å². The molecule has 16 heavy (non-hydrogen) atoms. The average Bonchev–Trinajstić information content (AvgIpc) is 2.65. The molecule has 2 aromatic heterocycles. The number of hydrogen-bond donors (Lipinski definition) is 0. The fourth-order valence-corrected chi connectivity index (χ4v) is 1.74. The summed E-state index contributed by atoms with van der Waals surface area (Å²) in [6.45, 7) is 5.82. The lowest BCUT2D eigenvalue weighted by Gasteiger charge is -1.98. The quantitative estimate of drug-likeness (QED) is 0.736. The predicted molar refractivity (Wildman–Crippen MR) is 64.8 cm³/mol. The van der Waals surface area contributed by atoms with Gasteiger partial charge in [-0.15, -0.1) is 0 Å². The first kappa shape index (κ1) is 10.5. The van der Waals surface area contributed by atoms with Gasteiger partial charge in [-0.05, 0) is 12.0 Å². The van der Waals surface area contributed by atoms with E-state index in [1.165, 1.54) is 6.33 Å². The molecule has 0 N–H and O–H groups in total. The molecule has 0 bridgehead atoms. The summed E-state index contributed by atoms with van der Waals surface area (Å²) in [6, 6.07) is 0. The van der Waals surface area contributed by atoms with Crippen molar-refractivity contribution in [2.75, 3.05) is 0 Å². The van der Waals surface area contributed by atoms with E-state index in [9.17, 15) is 0 Å². The maximum Gasteiger partial charge on any atom is 0.161 e. The Balaban J connectivity index is 2.69. The number of aryl methyl sites for hydroxylation is 1. The smallest absolute Gasteiger partial charge is 0.161 e. The van der Waals surface area contributed by atoms with Gasteiger partial charge in [0, 0.05) is 13.2 Å². The lowest BCUT2D eigenvalue weighted by Crippen LogP contribution is -1.92. The third-order valence-corrected chi connectivity index (χ3v) is 2.51. The van der Waals surface area contributed by atoms with Crippen molar-refractivity contribution >= 4 is 16.6 Å². The highest BCUT2D eigenvalue weighted by atomic mass is 15.3. The van der Waals surface area contributed by atoms with Gasteiger partial charge >= 0.3 is 0 Å². The van der Waals surface area contributed by atoms with Crippen molar-refractivity contribution in [3.63, 3.8) is 0 Å². The van der Waals surface area contributed by atoms with Crippen LogP contribution in [0.25, 0.3) is 16.6 Å². The second-order valence-electron chi connectivity index (χ2n) is 3.51. The first-order valence-electron chi connectivity index (χ1n) is 5.22. The highest BCUT2D eigenvalue weighted by molar-refractivity contribution is 5.88. The zero-order chi connectivity index (χ0) is 11.5. The van der Waals surface area contributed by atoms with E-state index in [0.717, 1.165) is 28.7 Å². The van der Waals surface area contributed by atoms with E-state index in [0.29, 0.717) is 0 Å². The molecule has 0 unspecified atom stereocenters. The number of rotatable bonds is 3. The Morgan fingerprint density at radius 1 is 1.56 bits per heavy atom. The first-order chi connectivity index (χ1) is 7.77. The van der Waals surface area contributed by atoms with Crippen molar-refractivity contribution in [3.05, 3.63) is 36.9 Å². The highest BCUT2D eigenvalue weighted by Gasteiger charge is 2.11. The van der Waals surface area contributed by atoms with Gasteiger partial charge in [0.15, 0.2) is 5.65 Å². The Bertz CT molecular complexity index is 551. The topological polar surface area (TPSA) is 43.6 Å². The van der Waals surface area contributed by atoms with Gasteiger partial charge in [0.25, 0.3) is 0 Å². The standard InChI is InChI=1S/C12H14N4/c1-4-6-9(5-2)11-10-7-13-8-14-12(10)16(3)15-11/h4,6-8H,1,5H2,2-3H3/b9-6+. The molecule has 0 saturated heterocycles. The third-order valence-electron chi connectivity index (χ3n) is 2.51.